The van der Waals surface area contributed by atoms with E-state index in [1.54, 1.807) is 13.2 Å². The number of nitrogens with one attached hydrogen (secondary N) is 1. The number of hydrogen-bond donors (Lipinski definition) is 1. The number of halogens is 1. The first kappa shape index (κ1) is 14.5. The molecule has 0 unspecified atom stereocenters. The van der Waals surface area contributed by atoms with E-state index in [0.29, 0.717) is 12.1 Å². The Morgan fingerprint density at radius 3 is 2.20 bits per heavy atom. The van der Waals surface area contributed by atoms with Crippen LogP contribution in [0.4, 0.5) is 4.39 Å². The van der Waals surface area contributed by atoms with Crippen molar-refractivity contribution >= 4 is 0 Å². The van der Waals surface area contributed by atoms with E-state index < -0.39 is 0 Å². The van der Waals surface area contributed by atoms with Crippen LogP contribution in [0.5, 0.6) is 5.75 Å². The molecule has 0 bridgehead atoms. The molecule has 0 spiro atoms. The van der Waals surface area contributed by atoms with E-state index in [1.165, 1.54) is 0 Å². The lowest BCUT2D eigenvalue weighted by atomic mass is 9.98. The first-order valence-electron chi connectivity index (χ1n) is 6.65. The molecule has 0 saturated heterocycles. The summed E-state index contributed by atoms with van der Waals surface area (Å²) >= 11 is 0. The van der Waals surface area contributed by atoms with Crippen LogP contribution in [-0.2, 0) is 6.54 Å². The molecule has 3 heteroatoms. The molecule has 1 N–H and O–H groups in total. The molecule has 0 aromatic heterocycles. The Morgan fingerprint density at radius 2 is 1.70 bits per heavy atom. The molecule has 2 rings (SSSR count). The van der Waals surface area contributed by atoms with Gasteiger partial charge in [0.1, 0.15) is 11.6 Å². The monoisotopic (exact) mass is 273 g/mol. The summed E-state index contributed by atoms with van der Waals surface area (Å²) in [6.45, 7) is 4.54. The summed E-state index contributed by atoms with van der Waals surface area (Å²) in [6.07, 6.45) is 0. The first-order chi connectivity index (χ1) is 9.56. The molecule has 20 heavy (non-hydrogen) atoms. The number of rotatable bonds is 4. The third-order valence-corrected chi connectivity index (χ3v) is 3.42. The van der Waals surface area contributed by atoms with E-state index in [4.69, 9.17) is 4.74 Å². The Balaban J connectivity index is 2.44. The number of methoxy groups -OCH3 is 1. The van der Waals surface area contributed by atoms with Crippen LogP contribution < -0.4 is 10.1 Å². The van der Waals surface area contributed by atoms with Crippen molar-refractivity contribution in [1.82, 2.24) is 5.32 Å². The third-order valence-electron chi connectivity index (χ3n) is 3.42. The van der Waals surface area contributed by atoms with Crippen molar-refractivity contribution < 1.29 is 9.13 Å². The minimum absolute atomic E-state index is 0.178. The Bertz CT molecular complexity index is 599. The molecule has 2 aromatic carbocycles. The predicted molar refractivity (Wildman–Crippen MR) is 80.6 cm³/mol. The van der Waals surface area contributed by atoms with Crippen molar-refractivity contribution in [3.8, 4) is 16.9 Å². The zero-order valence-electron chi connectivity index (χ0n) is 12.4. The first-order valence-corrected chi connectivity index (χ1v) is 6.65. The zero-order chi connectivity index (χ0) is 14.7. The standard InChI is InChI=1S/C17H20FNO/c1-11-7-15(8-12(2)17(11)20-4)13-5-6-14(10-19-3)16(18)9-13/h5-9,19H,10H2,1-4H3. The van der Waals surface area contributed by atoms with Gasteiger partial charge in [-0.15, -0.1) is 0 Å². The second-order valence-corrected chi connectivity index (χ2v) is 4.98. The highest BCUT2D eigenvalue weighted by Crippen LogP contribution is 2.30. The van der Waals surface area contributed by atoms with Gasteiger partial charge in [0.15, 0.2) is 0 Å². The van der Waals surface area contributed by atoms with Gasteiger partial charge in [0.05, 0.1) is 7.11 Å². The highest BCUT2D eigenvalue weighted by atomic mass is 19.1. The van der Waals surface area contributed by atoms with Crippen molar-refractivity contribution in [3.05, 3.63) is 52.8 Å². The Labute approximate surface area is 119 Å². The third kappa shape index (κ3) is 2.83. The summed E-state index contributed by atoms with van der Waals surface area (Å²) in [5, 5.41) is 2.96. The fourth-order valence-corrected chi connectivity index (χ4v) is 2.50. The smallest absolute Gasteiger partial charge is 0.128 e. The van der Waals surface area contributed by atoms with Crippen molar-refractivity contribution in [2.24, 2.45) is 0 Å². The summed E-state index contributed by atoms with van der Waals surface area (Å²) in [7, 11) is 3.48. The average Bonchev–Trinajstić information content (AvgIpc) is 2.41. The molecule has 0 atom stereocenters. The van der Waals surface area contributed by atoms with E-state index >= 15 is 0 Å². The maximum absolute atomic E-state index is 14.0. The molecular weight excluding hydrogens is 253 g/mol. The van der Waals surface area contributed by atoms with Crippen molar-refractivity contribution in [2.75, 3.05) is 14.2 Å². The SMILES string of the molecule is CNCc1ccc(-c2cc(C)c(OC)c(C)c2)cc1F. The molecule has 0 aliphatic carbocycles. The lowest BCUT2D eigenvalue weighted by molar-refractivity contribution is 0.408. The van der Waals surface area contributed by atoms with Gasteiger partial charge in [-0.2, -0.15) is 0 Å². The second kappa shape index (κ2) is 6.06. The zero-order valence-corrected chi connectivity index (χ0v) is 12.4. The largest absolute Gasteiger partial charge is 0.496 e. The lowest BCUT2D eigenvalue weighted by Crippen LogP contribution is -2.06. The van der Waals surface area contributed by atoms with E-state index in [1.807, 2.05) is 45.2 Å². The van der Waals surface area contributed by atoms with Gasteiger partial charge in [-0.1, -0.05) is 12.1 Å². The molecule has 0 saturated carbocycles. The van der Waals surface area contributed by atoms with Gasteiger partial charge < -0.3 is 10.1 Å². The fourth-order valence-electron chi connectivity index (χ4n) is 2.50. The van der Waals surface area contributed by atoms with E-state index in [-0.39, 0.29) is 5.82 Å². The van der Waals surface area contributed by atoms with Crippen molar-refractivity contribution in [3.63, 3.8) is 0 Å². The summed E-state index contributed by atoms with van der Waals surface area (Å²) in [6, 6.07) is 9.43. The van der Waals surface area contributed by atoms with E-state index in [0.717, 1.165) is 28.0 Å². The van der Waals surface area contributed by atoms with Gasteiger partial charge in [0.2, 0.25) is 0 Å². The average molecular weight is 273 g/mol. The van der Waals surface area contributed by atoms with E-state index in [9.17, 15) is 4.39 Å². The Kier molecular flexibility index (Phi) is 4.40. The minimum Gasteiger partial charge on any atom is -0.496 e. The van der Waals surface area contributed by atoms with Crippen LogP contribution >= 0.6 is 0 Å². The summed E-state index contributed by atoms with van der Waals surface area (Å²) in [4.78, 5) is 0. The van der Waals surface area contributed by atoms with E-state index in [2.05, 4.69) is 5.32 Å². The number of aryl methyl sites for hydroxylation is 2. The highest BCUT2D eigenvalue weighted by Gasteiger charge is 2.09. The van der Waals surface area contributed by atoms with Crippen LogP contribution in [0, 0.1) is 19.7 Å². The fraction of sp³-hybridized carbons (Fsp3) is 0.294. The maximum atomic E-state index is 14.0. The van der Waals surface area contributed by atoms with Gasteiger partial charge >= 0.3 is 0 Å². The molecule has 2 aromatic rings. The Morgan fingerprint density at radius 1 is 1.05 bits per heavy atom. The normalized spacial score (nSPS) is 10.7. The Hall–Kier alpha value is -1.87. The molecule has 0 aliphatic rings. The van der Waals surface area contributed by atoms with Gasteiger partial charge in [-0.25, -0.2) is 4.39 Å². The topological polar surface area (TPSA) is 21.3 Å². The molecule has 0 fully saturated rings. The van der Waals surface area contributed by atoms with Crippen LogP contribution in [0.3, 0.4) is 0 Å². The number of hydrogen-bond acceptors (Lipinski definition) is 2. The molecule has 0 radical (unpaired) electrons. The van der Waals surface area contributed by atoms with Gasteiger partial charge in [-0.05, 0) is 61.3 Å². The quantitative estimate of drug-likeness (QED) is 0.914. The molecule has 0 aliphatic heterocycles. The minimum atomic E-state index is -0.178. The van der Waals surface area contributed by atoms with Gasteiger partial charge in [0.25, 0.3) is 0 Å². The van der Waals surface area contributed by atoms with Crippen LogP contribution in [0.2, 0.25) is 0 Å². The van der Waals surface area contributed by atoms with Crippen LogP contribution in [-0.4, -0.2) is 14.2 Å². The van der Waals surface area contributed by atoms with Crippen molar-refractivity contribution in [2.45, 2.75) is 20.4 Å². The van der Waals surface area contributed by atoms with Crippen LogP contribution in [0.25, 0.3) is 11.1 Å². The van der Waals surface area contributed by atoms with Crippen LogP contribution in [0.1, 0.15) is 16.7 Å². The molecule has 106 valence electrons. The summed E-state index contributed by atoms with van der Waals surface area (Å²) in [5.41, 5.74) is 4.69. The molecule has 0 heterocycles. The maximum Gasteiger partial charge on any atom is 0.128 e. The highest BCUT2D eigenvalue weighted by molar-refractivity contribution is 5.67. The lowest BCUT2D eigenvalue weighted by Gasteiger charge is -2.12. The van der Waals surface area contributed by atoms with Gasteiger partial charge in [0, 0.05) is 12.1 Å². The van der Waals surface area contributed by atoms with Crippen molar-refractivity contribution in [1.29, 1.82) is 0 Å². The van der Waals surface area contributed by atoms with Crippen LogP contribution in [0.15, 0.2) is 30.3 Å². The summed E-state index contributed by atoms with van der Waals surface area (Å²) in [5.74, 6) is 0.712. The number of ether oxygens (including phenoxy) is 1. The predicted octanol–water partition coefficient (Wildman–Crippen LogP) is 3.84. The second-order valence-electron chi connectivity index (χ2n) is 4.98. The molecule has 0 amide bonds. The number of benzene rings is 2. The summed E-state index contributed by atoms with van der Waals surface area (Å²) < 4.78 is 19.4. The van der Waals surface area contributed by atoms with Gasteiger partial charge in [-0.3, -0.25) is 0 Å². The molecule has 2 nitrogen and oxygen atoms in total. The molecular formula is C17H20FNO.